The third kappa shape index (κ3) is 4.81. The number of benzene rings is 5. The maximum Gasteiger partial charge on any atom is 0.268 e. The van der Waals surface area contributed by atoms with Gasteiger partial charge in [-0.25, -0.2) is 4.98 Å². The fraction of sp³-hybridized carbons (Fsp3) is 0.0732. The average Bonchev–Trinajstić information content (AvgIpc) is 3.74. The minimum absolute atomic E-state index is 0. The summed E-state index contributed by atoms with van der Waals surface area (Å²) in [5.41, 5.74) is 10.4. The molecule has 9 aromatic rings. The molecule has 0 radical (unpaired) electrons. The van der Waals surface area contributed by atoms with E-state index in [2.05, 4.69) is 148 Å². The molecule has 47 heavy (non-hydrogen) atoms. The monoisotopic (exact) mass is 787 g/mol. The second-order valence-electron chi connectivity index (χ2n) is 11.8. The van der Waals surface area contributed by atoms with Gasteiger partial charge in [-0.05, 0) is 61.2 Å². The van der Waals surface area contributed by atoms with Gasteiger partial charge in [-0.3, -0.25) is 4.57 Å². The first-order chi connectivity index (χ1) is 22.6. The van der Waals surface area contributed by atoms with E-state index < -0.39 is 0 Å². The van der Waals surface area contributed by atoms with Crippen LogP contribution in [-0.4, -0.2) is 14.1 Å². The van der Waals surface area contributed by atoms with E-state index >= 15 is 0 Å². The number of imidazole rings is 1. The van der Waals surface area contributed by atoms with Gasteiger partial charge in [-0.1, -0.05) is 66.2 Å². The second-order valence-corrected chi connectivity index (χ2v) is 11.8. The normalized spacial score (nSPS) is 11.5. The first-order valence-electron chi connectivity index (χ1n) is 15.4. The first kappa shape index (κ1) is 29.2. The molecule has 0 spiro atoms. The maximum absolute atomic E-state index is 5.93. The van der Waals surface area contributed by atoms with E-state index in [-0.39, 0.29) is 21.1 Å². The van der Waals surface area contributed by atoms with Crippen LogP contribution in [0.2, 0.25) is 0 Å². The molecule has 9 rings (SSSR count). The molecule has 6 heteroatoms. The predicted octanol–water partition coefficient (Wildman–Crippen LogP) is 8.75. The van der Waals surface area contributed by atoms with Gasteiger partial charge in [-0.15, -0.1) is 5.39 Å². The fourth-order valence-electron chi connectivity index (χ4n) is 6.58. The number of aromatic nitrogens is 4. The van der Waals surface area contributed by atoms with Crippen molar-refractivity contribution in [3.05, 3.63) is 162 Å². The van der Waals surface area contributed by atoms with Gasteiger partial charge in [-0.2, -0.15) is 53.6 Å². The van der Waals surface area contributed by atoms with Crippen molar-refractivity contribution >= 4 is 43.8 Å². The summed E-state index contributed by atoms with van der Waals surface area (Å²) in [6, 6.07) is 47.5. The number of nitrogens with zero attached hydrogens (tertiary/aromatic N) is 4. The van der Waals surface area contributed by atoms with Gasteiger partial charge >= 0.3 is 0 Å². The zero-order valence-electron chi connectivity index (χ0n) is 25.8. The molecule has 5 aromatic carbocycles. The Bertz CT molecular complexity index is 2590. The van der Waals surface area contributed by atoms with E-state index in [9.17, 15) is 0 Å². The quantitative estimate of drug-likeness (QED) is 0.129. The first-order valence-corrected chi connectivity index (χ1v) is 15.4. The Hall–Kier alpha value is -5.25. The van der Waals surface area contributed by atoms with Crippen LogP contribution >= 0.6 is 0 Å². The smallest absolute Gasteiger partial charge is 0.268 e. The molecule has 0 aliphatic rings. The minimum atomic E-state index is 0. The summed E-state index contributed by atoms with van der Waals surface area (Å²) < 4.78 is 12.4. The number of furan rings is 1. The molecule has 0 bridgehead atoms. The molecule has 0 aliphatic carbocycles. The Morgan fingerprint density at radius 2 is 1.49 bits per heavy atom. The SMILES string of the molecule is Cc1oc2cnc(-n3c4[c-]c(Cc5[c-]c(-n6[c-][n+](-c7ccccc7)c7ccccc76)ccc5)ccc4c4ccccc43)cc2c1C.[Pt]. The summed E-state index contributed by atoms with van der Waals surface area (Å²) in [6.07, 6.45) is 6.10. The van der Waals surface area contributed by atoms with E-state index in [0.29, 0.717) is 6.42 Å². The Balaban J connectivity index is 0.00000324. The number of para-hydroxylation sites is 4. The van der Waals surface area contributed by atoms with Gasteiger partial charge in [0.15, 0.2) is 5.58 Å². The van der Waals surface area contributed by atoms with Crippen molar-refractivity contribution in [3.63, 3.8) is 0 Å². The Labute approximate surface area is 286 Å². The molecule has 0 unspecified atom stereocenters. The van der Waals surface area contributed by atoms with Crippen LogP contribution in [0.3, 0.4) is 0 Å². The van der Waals surface area contributed by atoms with E-state index in [1.807, 2.05) is 19.2 Å². The molecular weight excluding hydrogens is 760 g/mol. The van der Waals surface area contributed by atoms with Gasteiger partial charge < -0.3 is 13.6 Å². The van der Waals surface area contributed by atoms with Crippen LogP contribution in [0.5, 0.6) is 0 Å². The van der Waals surface area contributed by atoms with E-state index in [1.54, 1.807) is 0 Å². The van der Waals surface area contributed by atoms with Crippen LogP contribution in [0.1, 0.15) is 22.5 Å². The summed E-state index contributed by atoms with van der Waals surface area (Å²) in [6.45, 7) is 4.10. The minimum Gasteiger partial charge on any atom is -0.459 e. The van der Waals surface area contributed by atoms with E-state index in [0.717, 1.165) is 78.1 Å². The Morgan fingerprint density at radius 3 is 2.36 bits per heavy atom. The number of fused-ring (bicyclic) bond motifs is 5. The average molecular weight is 788 g/mol. The summed E-state index contributed by atoms with van der Waals surface area (Å²) in [4.78, 5) is 4.85. The molecule has 4 aromatic heterocycles. The largest absolute Gasteiger partial charge is 0.459 e. The molecule has 0 saturated carbocycles. The topological polar surface area (TPSA) is 39.8 Å². The molecule has 4 heterocycles. The number of pyridine rings is 1. The summed E-state index contributed by atoms with van der Waals surface area (Å²) in [7, 11) is 0. The summed E-state index contributed by atoms with van der Waals surface area (Å²) in [5, 5.41) is 3.41. The number of hydrogen-bond donors (Lipinski definition) is 0. The van der Waals surface area contributed by atoms with E-state index in [1.165, 1.54) is 5.39 Å². The predicted molar refractivity (Wildman–Crippen MR) is 182 cm³/mol. The molecule has 0 N–H and O–H groups in total. The van der Waals surface area contributed by atoms with Gasteiger partial charge in [0.05, 0.1) is 22.9 Å². The molecule has 0 saturated heterocycles. The molecule has 230 valence electrons. The molecule has 0 atom stereocenters. The van der Waals surface area contributed by atoms with Crippen LogP contribution in [0.15, 0.2) is 126 Å². The van der Waals surface area contributed by atoms with Gasteiger partial charge in [0.25, 0.3) is 6.33 Å². The van der Waals surface area contributed by atoms with Crippen molar-refractivity contribution in [2.45, 2.75) is 20.3 Å². The summed E-state index contributed by atoms with van der Waals surface area (Å²) in [5.74, 6) is 1.77. The summed E-state index contributed by atoms with van der Waals surface area (Å²) >= 11 is 0. The number of rotatable bonds is 5. The zero-order chi connectivity index (χ0) is 30.8. The van der Waals surface area contributed by atoms with Crippen LogP contribution in [0, 0.1) is 32.3 Å². The van der Waals surface area contributed by atoms with Crippen molar-refractivity contribution in [1.29, 1.82) is 0 Å². The van der Waals surface area contributed by atoms with Gasteiger partial charge in [0.2, 0.25) is 0 Å². The van der Waals surface area contributed by atoms with Crippen molar-refractivity contribution in [3.8, 4) is 17.2 Å². The van der Waals surface area contributed by atoms with Crippen LogP contribution in [0.4, 0.5) is 0 Å². The van der Waals surface area contributed by atoms with Crippen molar-refractivity contribution in [1.82, 2.24) is 14.1 Å². The van der Waals surface area contributed by atoms with Crippen molar-refractivity contribution in [2.24, 2.45) is 0 Å². The van der Waals surface area contributed by atoms with Crippen molar-refractivity contribution in [2.75, 3.05) is 0 Å². The van der Waals surface area contributed by atoms with Crippen LogP contribution in [0.25, 0.3) is 61.0 Å². The van der Waals surface area contributed by atoms with Crippen molar-refractivity contribution < 1.29 is 30.0 Å². The third-order valence-corrected chi connectivity index (χ3v) is 8.96. The third-order valence-electron chi connectivity index (χ3n) is 8.96. The van der Waals surface area contributed by atoms with Crippen LogP contribution < -0.4 is 4.57 Å². The standard InChI is InChI=1S/C41H28N4O.Pt/c1-27-28(2)46-40-25-42-41(24-35(27)40)45-36-16-7-6-15-33(36)34-20-19-30(23-39(34)45)21-29-11-10-14-32(22-29)44-26-43(31-12-4-3-5-13-31)37-17-8-9-18-38(37)44;/h3-20,24-25H,21H2,1-2H3;/q-2;. The van der Waals surface area contributed by atoms with E-state index in [4.69, 9.17) is 9.40 Å². The molecule has 0 amide bonds. The van der Waals surface area contributed by atoms with Crippen LogP contribution in [-0.2, 0) is 27.5 Å². The molecular formula is C41H28N4OPt-2. The fourth-order valence-corrected chi connectivity index (χ4v) is 6.58. The van der Waals surface area contributed by atoms with Gasteiger partial charge in [0, 0.05) is 32.0 Å². The molecule has 0 fully saturated rings. The zero-order valence-corrected chi connectivity index (χ0v) is 28.0. The Kier molecular flexibility index (Phi) is 7.15. The number of aryl methyl sites for hydroxylation is 2. The maximum atomic E-state index is 5.93. The Morgan fingerprint density at radius 1 is 0.723 bits per heavy atom. The number of hydrogen-bond acceptors (Lipinski definition) is 2. The molecule has 0 aliphatic heterocycles. The van der Waals surface area contributed by atoms with Gasteiger partial charge in [0.1, 0.15) is 11.6 Å². The molecule has 5 nitrogen and oxygen atoms in total. The second kappa shape index (κ2) is 11.5.